The average Bonchev–Trinajstić information content (AvgIpc) is 2.41. The lowest BCUT2D eigenvalue weighted by Gasteiger charge is -2.30. The summed E-state index contributed by atoms with van der Waals surface area (Å²) in [5.74, 6) is -0.292. The molecule has 0 aromatic heterocycles. The fraction of sp³-hybridized carbons (Fsp3) is 0.462. The molecule has 0 spiro atoms. The van der Waals surface area contributed by atoms with E-state index in [9.17, 15) is 18.4 Å². The molecule has 0 amide bonds. The third kappa shape index (κ3) is 3.85. The molecule has 1 heterocycles. The molecule has 1 aliphatic rings. The molecule has 1 saturated heterocycles. The number of morpholine rings is 1. The molecular weight excluding hydrogens is 273 g/mol. The topological polar surface area (TPSA) is 45.5 Å². The molecule has 1 unspecified atom stereocenters. The highest BCUT2D eigenvalue weighted by Crippen LogP contribution is 2.26. The zero-order chi connectivity index (χ0) is 14.6. The molecule has 1 atom stereocenters. The van der Waals surface area contributed by atoms with E-state index in [0.717, 1.165) is 0 Å². The Labute approximate surface area is 114 Å². The van der Waals surface area contributed by atoms with Crippen LogP contribution in [0.4, 0.5) is 13.2 Å². The Kier molecular flexibility index (Phi) is 4.47. The zero-order valence-electron chi connectivity index (χ0n) is 10.6. The molecule has 4 nitrogen and oxygen atoms in total. The van der Waals surface area contributed by atoms with Crippen molar-refractivity contribution in [1.29, 1.82) is 5.26 Å². The van der Waals surface area contributed by atoms with Gasteiger partial charge in [0.05, 0.1) is 19.3 Å². The van der Waals surface area contributed by atoms with E-state index in [1.165, 1.54) is 24.3 Å². The van der Waals surface area contributed by atoms with Crippen molar-refractivity contribution in [2.75, 3.05) is 26.3 Å². The van der Waals surface area contributed by atoms with Gasteiger partial charge in [0.15, 0.2) is 0 Å². The summed E-state index contributed by atoms with van der Waals surface area (Å²) < 4.78 is 45.2. The van der Waals surface area contributed by atoms with Gasteiger partial charge in [-0.1, -0.05) is 12.1 Å². The van der Waals surface area contributed by atoms with E-state index in [4.69, 9.17) is 4.74 Å². The summed E-state index contributed by atoms with van der Waals surface area (Å²) in [5.41, 5.74) is 0.643. The molecule has 0 radical (unpaired) electrons. The number of halogens is 3. The van der Waals surface area contributed by atoms with Crippen molar-refractivity contribution in [3.8, 4) is 11.8 Å². The van der Waals surface area contributed by atoms with Crippen LogP contribution >= 0.6 is 0 Å². The van der Waals surface area contributed by atoms with Crippen molar-refractivity contribution in [2.24, 2.45) is 0 Å². The first-order valence-corrected chi connectivity index (χ1v) is 6.07. The van der Waals surface area contributed by atoms with Gasteiger partial charge in [-0.2, -0.15) is 5.26 Å². The van der Waals surface area contributed by atoms with Crippen molar-refractivity contribution in [3.05, 3.63) is 29.8 Å². The van der Waals surface area contributed by atoms with Crippen LogP contribution in [0.25, 0.3) is 0 Å². The van der Waals surface area contributed by atoms with Crippen LogP contribution in [0.5, 0.6) is 5.75 Å². The number of rotatable bonds is 3. The molecule has 0 aliphatic carbocycles. The van der Waals surface area contributed by atoms with Gasteiger partial charge in [0.25, 0.3) is 0 Å². The third-order valence-electron chi connectivity index (χ3n) is 2.96. The Morgan fingerprint density at radius 2 is 1.80 bits per heavy atom. The highest BCUT2D eigenvalue weighted by molar-refractivity contribution is 5.31. The number of hydrogen-bond donors (Lipinski definition) is 0. The van der Waals surface area contributed by atoms with Crippen LogP contribution in [0.1, 0.15) is 11.6 Å². The molecule has 1 aromatic carbocycles. The molecule has 108 valence electrons. The molecule has 0 bridgehead atoms. The Morgan fingerprint density at radius 3 is 2.30 bits per heavy atom. The summed E-state index contributed by atoms with van der Waals surface area (Å²) in [6.45, 7) is 2.35. The first-order valence-electron chi connectivity index (χ1n) is 6.07. The largest absolute Gasteiger partial charge is 0.573 e. The van der Waals surface area contributed by atoms with Crippen LogP contribution < -0.4 is 4.74 Å². The van der Waals surface area contributed by atoms with Crippen LogP contribution in [-0.2, 0) is 4.74 Å². The summed E-state index contributed by atoms with van der Waals surface area (Å²) in [6.07, 6.45) is -4.71. The number of nitriles is 1. The van der Waals surface area contributed by atoms with Crippen LogP contribution in [0.15, 0.2) is 24.3 Å². The van der Waals surface area contributed by atoms with Crippen molar-refractivity contribution in [1.82, 2.24) is 4.90 Å². The van der Waals surface area contributed by atoms with Crippen LogP contribution in [-0.4, -0.2) is 37.6 Å². The number of alkyl halides is 3. The predicted molar refractivity (Wildman–Crippen MR) is 63.9 cm³/mol. The van der Waals surface area contributed by atoms with Crippen molar-refractivity contribution < 1.29 is 22.6 Å². The average molecular weight is 286 g/mol. The number of benzene rings is 1. The number of hydrogen-bond acceptors (Lipinski definition) is 4. The van der Waals surface area contributed by atoms with Crippen LogP contribution in [0, 0.1) is 11.3 Å². The van der Waals surface area contributed by atoms with E-state index in [1.807, 2.05) is 4.90 Å². The highest BCUT2D eigenvalue weighted by atomic mass is 19.4. The minimum absolute atomic E-state index is 0.292. The van der Waals surface area contributed by atoms with E-state index in [1.54, 1.807) is 0 Å². The Bertz CT molecular complexity index is 476. The van der Waals surface area contributed by atoms with E-state index >= 15 is 0 Å². The van der Waals surface area contributed by atoms with Crippen molar-refractivity contribution >= 4 is 0 Å². The third-order valence-corrected chi connectivity index (χ3v) is 2.96. The van der Waals surface area contributed by atoms with Gasteiger partial charge in [-0.15, -0.1) is 13.2 Å². The Balaban J connectivity index is 2.09. The first-order chi connectivity index (χ1) is 9.49. The van der Waals surface area contributed by atoms with Gasteiger partial charge >= 0.3 is 6.36 Å². The van der Waals surface area contributed by atoms with Crippen LogP contribution in [0.2, 0.25) is 0 Å². The van der Waals surface area contributed by atoms with E-state index in [0.29, 0.717) is 31.9 Å². The van der Waals surface area contributed by atoms with Crippen molar-refractivity contribution in [3.63, 3.8) is 0 Å². The number of ether oxygens (including phenoxy) is 2. The minimum atomic E-state index is -4.71. The quantitative estimate of drug-likeness (QED) is 0.856. The zero-order valence-corrected chi connectivity index (χ0v) is 10.6. The Morgan fingerprint density at radius 1 is 1.20 bits per heavy atom. The van der Waals surface area contributed by atoms with Gasteiger partial charge in [-0.3, -0.25) is 4.90 Å². The summed E-state index contributed by atoms with van der Waals surface area (Å²) in [6, 6.07) is 7.06. The summed E-state index contributed by atoms with van der Waals surface area (Å²) in [4.78, 5) is 1.93. The molecule has 0 N–H and O–H groups in total. The predicted octanol–water partition coefficient (Wildman–Crippen LogP) is 2.48. The van der Waals surface area contributed by atoms with Gasteiger partial charge < -0.3 is 9.47 Å². The van der Waals surface area contributed by atoms with Crippen molar-refractivity contribution in [2.45, 2.75) is 12.4 Å². The second-order valence-electron chi connectivity index (χ2n) is 4.30. The molecule has 1 fully saturated rings. The SMILES string of the molecule is N#CC(c1ccc(OC(F)(F)F)cc1)N1CCOCC1. The maximum Gasteiger partial charge on any atom is 0.573 e. The van der Waals surface area contributed by atoms with Crippen LogP contribution in [0.3, 0.4) is 0 Å². The second-order valence-corrected chi connectivity index (χ2v) is 4.30. The van der Waals surface area contributed by atoms with Gasteiger partial charge in [0.1, 0.15) is 11.8 Å². The van der Waals surface area contributed by atoms with Gasteiger partial charge in [0.2, 0.25) is 0 Å². The fourth-order valence-electron chi connectivity index (χ4n) is 2.05. The van der Waals surface area contributed by atoms with Gasteiger partial charge in [0, 0.05) is 13.1 Å². The maximum absolute atomic E-state index is 12.1. The first kappa shape index (κ1) is 14.6. The van der Waals surface area contributed by atoms with E-state index in [-0.39, 0.29) is 5.75 Å². The highest BCUT2D eigenvalue weighted by Gasteiger charge is 2.31. The smallest absolute Gasteiger partial charge is 0.406 e. The molecule has 7 heteroatoms. The summed E-state index contributed by atoms with van der Waals surface area (Å²) >= 11 is 0. The second kappa shape index (κ2) is 6.11. The molecule has 20 heavy (non-hydrogen) atoms. The minimum Gasteiger partial charge on any atom is -0.406 e. The maximum atomic E-state index is 12.1. The standard InChI is InChI=1S/C13H13F3N2O2/c14-13(15,16)20-11-3-1-10(2-4-11)12(9-17)18-5-7-19-8-6-18/h1-4,12H,5-8H2. The molecule has 1 aliphatic heterocycles. The monoisotopic (exact) mass is 286 g/mol. The molecule has 2 rings (SSSR count). The lowest BCUT2D eigenvalue weighted by Crippen LogP contribution is -2.38. The number of nitrogens with zero attached hydrogens (tertiary/aromatic N) is 2. The molecule has 0 saturated carbocycles. The van der Waals surface area contributed by atoms with Gasteiger partial charge in [-0.25, -0.2) is 0 Å². The summed E-state index contributed by atoms with van der Waals surface area (Å²) in [5, 5.41) is 9.24. The summed E-state index contributed by atoms with van der Waals surface area (Å²) in [7, 11) is 0. The van der Waals surface area contributed by atoms with E-state index in [2.05, 4.69) is 10.8 Å². The molecule has 1 aromatic rings. The van der Waals surface area contributed by atoms with E-state index < -0.39 is 12.4 Å². The fourth-order valence-corrected chi connectivity index (χ4v) is 2.05. The Hall–Kier alpha value is -1.78. The normalized spacial score (nSPS) is 18.3. The lowest BCUT2D eigenvalue weighted by atomic mass is 10.1. The van der Waals surface area contributed by atoms with Gasteiger partial charge in [-0.05, 0) is 17.7 Å². The lowest BCUT2D eigenvalue weighted by molar-refractivity contribution is -0.274. The molecular formula is C13H13F3N2O2.